The maximum atomic E-state index is 13.2. The van der Waals surface area contributed by atoms with Crippen LogP contribution in [0.4, 0.5) is 8.78 Å². The summed E-state index contributed by atoms with van der Waals surface area (Å²) in [6.45, 7) is 4.75. The van der Waals surface area contributed by atoms with Gasteiger partial charge in [-0.2, -0.15) is 0 Å². The van der Waals surface area contributed by atoms with Crippen LogP contribution in [0.25, 0.3) is 33.8 Å². The molecular weight excluding hydrogens is 623 g/mol. The molecule has 0 N–H and O–H groups in total. The van der Waals surface area contributed by atoms with Gasteiger partial charge in [-0.15, -0.1) is 36.4 Å². The zero-order valence-electron chi connectivity index (χ0n) is 18.2. The van der Waals surface area contributed by atoms with Crippen molar-refractivity contribution in [1.29, 1.82) is 5.26 Å². The summed E-state index contributed by atoms with van der Waals surface area (Å²) in [5.41, 5.74) is 4.46. The molecule has 2 aromatic carbocycles. The number of aromatic nitrogens is 3. The van der Waals surface area contributed by atoms with Crippen LogP contribution in [-0.2, 0) is 20.1 Å². The average molecular weight is 640 g/mol. The second-order valence-corrected chi connectivity index (χ2v) is 6.66. The maximum absolute atomic E-state index is 13.2. The van der Waals surface area contributed by atoms with Gasteiger partial charge >= 0.3 is 20.1 Å². The first-order valence-electron chi connectivity index (χ1n) is 10.1. The molecule has 5 rings (SSSR count). The van der Waals surface area contributed by atoms with Gasteiger partial charge in [0.25, 0.3) is 0 Å². The molecule has 0 saturated carbocycles. The van der Waals surface area contributed by atoms with Crippen molar-refractivity contribution in [3.05, 3.63) is 134 Å². The number of nitrogens with zero attached hydrogens (tertiary/aromatic N) is 4. The number of halogens is 2. The van der Waals surface area contributed by atoms with Gasteiger partial charge in [0, 0.05) is 41.6 Å². The summed E-state index contributed by atoms with van der Waals surface area (Å²) < 4.78 is 25.8. The fraction of sp³-hybridized carbons (Fsp3) is 0. The van der Waals surface area contributed by atoms with Crippen molar-refractivity contribution < 1.29 is 28.9 Å². The smallest absolute Gasteiger partial charge is 0.512 e. The van der Waals surface area contributed by atoms with Crippen LogP contribution in [0.15, 0.2) is 104 Å². The minimum Gasteiger partial charge on any atom is -0.512 e. The number of pyridine rings is 3. The molecule has 0 amide bonds. The van der Waals surface area contributed by atoms with Crippen LogP contribution in [0.5, 0.6) is 0 Å². The van der Waals surface area contributed by atoms with Gasteiger partial charge in [0.15, 0.2) is 0 Å². The maximum Gasteiger partial charge on any atom is 3.00 e. The largest absolute Gasteiger partial charge is 3.00 e. The summed E-state index contributed by atoms with van der Waals surface area (Å²) in [4.78, 5) is 12.6. The Balaban J connectivity index is 0.000000231. The van der Waals surface area contributed by atoms with E-state index in [0.29, 0.717) is 5.69 Å². The van der Waals surface area contributed by atoms with Crippen LogP contribution < -0.4 is 0 Å². The molecule has 0 fully saturated rings. The molecule has 0 aliphatic heterocycles. The number of hydrogen-bond acceptors (Lipinski definition) is 4. The quantitative estimate of drug-likeness (QED) is 0.211. The summed E-state index contributed by atoms with van der Waals surface area (Å²) in [5, 5.41) is 6.25. The van der Waals surface area contributed by atoms with Crippen LogP contribution >= 0.6 is 0 Å². The Bertz CT molecular complexity index is 1280. The van der Waals surface area contributed by atoms with E-state index in [4.69, 9.17) is 11.8 Å². The van der Waals surface area contributed by atoms with E-state index >= 15 is 0 Å². The summed E-state index contributed by atoms with van der Waals surface area (Å²) in [6, 6.07) is 30.6. The summed E-state index contributed by atoms with van der Waals surface area (Å²) in [5.74, 6) is -1.29. The van der Waals surface area contributed by atoms with Crippen LogP contribution in [-0.4, -0.2) is 15.0 Å². The predicted octanol–water partition coefficient (Wildman–Crippen LogP) is 6.53. The Labute approximate surface area is 216 Å². The van der Waals surface area contributed by atoms with Gasteiger partial charge in [-0.3, -0.25) is 18.7 Å². The van der Waals surface area contributed by atoms with Gasteiger partial charge in [-0.05, 0) is 23.9 Å². The third-order valence-electron chi connectivity index (χ3n) is 4.46. The van der Waals surface area contributed by atoms with Crippen molar-refractivity contribution in [2.45, 2.75) is 0 Å². The molecule has 0 aliphatic carbocycles. The van der Waals surface area contributed by atoms with Gasteiger partial charge in [0.1, 0.15) is 0 Å². The van der Waals surface area contributed by atoms with Crippen molar-refractivity contribution in [3.63, 3.8) is 0 Å². The normalized spacial score (nSPS) is 9.37. The first-order valence-corrected chi connectivity index (χ1v) is 10.1. The number of benzene rings is 2. The van der Waals surface area contributed by atoms with E-state index in [-0.39, 0.29) is 25.7 Å². The van der Waals surface area contributed by atoms with Crippen LogP contribution in [0.3, 0.4) is 0 Å². The standard InChI is InChI=1S/C16H11N2.C11H6F2N.CN.Ir/c1-3-10-17-15(8-1)13-6-5-7-14(12-13)16-9-2-4-11-18-16;12-8-4-5-9(10(13)7-8)11-3-1-2-6-14-11;1-2;/h1-11H;1-4,6-7H;;/q3*-1;+3. The molecule has 172 valence electrons. The van der Waals surface area contributed by atoms with E-state index in [1.807, 2.05) is 54.6 Å². The molecule has 5 aromatic rings. The monoisotopic (exact) mass is 640 g/mol. The van der Waals surface area contributed by atoms with Crippen molar-refractivity contribution in [2.24, 2.45) is 0 Å². The molecular formula is C28H17F2IrN4. The average Bonchev–Trinajstić information content (AvgIpc) is 2.92. The van der Waals surface area contributed by atoms with E-state index < -0.39 is 11.6 Å². The molecule has 0 atom stereocenters. The minimum absolute atomic E-state index is 0. The molecule has 3 aromatic heterocycles. The first-order chi connectivity index (χ1) is 16.7. The fourth-order valence-corrected chi connectivity index (χ4v) is 2.96. The molecule has 0 aliphatic rings. The Morgan fingerprint density at radius 2 is 1.14 bits per heavy atom. The van der Waals surface area contributed by atoms with Crippen molar-refractivity contribution >= 4 is 0 Å². The molecule has 7 heteroatoms. The van der Waals surface area contributed by atoms with Gasteiger partial charge < -0.3 is 16.8 Å². The van der Waals surface area contributed by atoms with Crippen molar-refractivity contribution in [3.8, 4) is 33.8 Å². The Morgan fingerprint density at radius 1 is 0.657 bits per heavy atom. The molecule has 0 radical (unpaired) electrons. The zero-order valence-corrected chi connectivity index (χ0v) is 20.6. The molecule has 0 unspecified atom stereocenters. The molecule has 0 spiro atoms. The van der Waals surface area contributed by atoms with E-state index in [9.17, 15) is 8.78 Å². The summed E-state index contributed by atoms with van der Waals surface area (Å²) in [7, 11) is 0. The van der Waals surface area contributed by atoms with Gasteiger partial charge in [0.2, 0.25) is 0 Å². The molecule has 0 saturated heterocycles. The Hall–Kier alpha value is -4.11. The van der Waals surface area contributed by atoms with Gasteiger partial charge in [0.05, 0.1) is 0 Å². The van der Waals surface area contributed by atoms with Crippen molar-refractivity contribution in [2.75, 3.05) is 0 Å². The second kappa shape index (κ2) is 14.2. The SMILES string of the molecule is Fc1c[c-]c(-c2ccccn2)c(F)c1.[C-]#N.[Ir+3].[c-]1c(-c2ccccn2)cccc1-c1ccccn1. The fourth-order valence-electron chi connectivity index (χ4n) is 2.96. The van der Waals surface area contributed by atoms with E-state index in [0.717, 1.165) is 34.6 Å². The van der Waals surface area contributed by atoms with Crippen LogP contribution in [0.2, 0.25) is 0 Å². The van der Waals surface area contributed by atoms with Crippen LogP contribution in [0, 0.1) is 35.6 Å². The molecule has 3 heterocycles. The minimum atomic E-state index is -0.649. The number of hydrogen-bond donors (Lipinski definition) is 0. The van der Waals surface area contributed by atoms with Gasteiger partial charge in [-0.25, -0.2) is 0 Å². The number of rotatable bonds is 3. The molecule has 0 bridgehead atoms. The van der Waals surface area contributed by atoms with E-state index in [1.54, 1.807) is 36.8 Å². The molecule has 4 nitrogen and oxygen atoms in total. The first kappa shape index (κ1) is 27.1. The summed E-state index contributed by atoms with van der Waals surface area (Å²) >= 11 is 0. The third-order valence-corrected chi connectivity index (χ3v) is 4.46. The van der Waals surface area contributed by atoms with Gasteiger partial charge in [-0.1, -0.05) is 59.2 Å². The summed E-state index contributed by atoms with van der Waals surface area (Å²) in [6.07, 6.45) is 5.12. The zero-order chi connectivity index (χ0) is 24.2. The second-order valence-electron chi connectivity index (χ2n) is 6.66. The van der Waals surface area contributed by atoms with E-state index in [2.05, 4.69) is 27.1 Å². The molecule has 35 heavy (non-hydrogen) atoms. The topological polar surface area (TPSA) is 62.5 Å². The van der Waals surface area contributed by atoms with E-state index in [1.165, 1.54) is 0 Å². The predicted molar refractivity (Wildman–Crippen MR) is 125 cm³/mol. The third kappa shape index (κ3) is 7.72. The Kier molecular flexibility index (Phi) is 11.0. The van der Waals surface area contributed by atoms with Crippen LogP contribution in [0.1, 0.15) is 0 Å². The van der Waals surface area contributed by atoms with Crippen molar-refractivity contribution in [1.82, 2.24) is 15.0 Å². The Morgan fingerprint density at radius 3 is 1.57 bits per heavy atom.